The summed E-state index contributed by atoms with van der Waals surface area (Å²) >= 11 is 1.65. The van der Waals surface area contributed by atoms with E-state index in [0.717, 1.165) is 21.6 Å². The van der Waals surface area contributed by atoms with E-state index in [9.17, 15) is 13.2 Å². The van der Waals surface area contributed by atoms with Crippen LogP contribution in [0.25, 0.3) is 10.2 Å². The Kier molecular flexibility index (Phi) is 4.37. The van der Waals surface area contributed by atoms with Crippen LogP contribution >= 0.6 is 11.3 Å². The Hall–Kier alpha value is -1.73. The van der Waals surface area contributed by atoms with Crippen molar-refractivity contribution in [2.45, 2.75) is 31.2 Å². The van der Waals surface area contributed by atoms with Crippen LogP contribution in [0.1, 0.15) is 30.2 Å². The Morgan fingerprint density at radius 3 is 2.76 bits per heavy atom. The lowest BCUT2D eigenvalue weighted by molar-refractivity contribution is -0.126. The number of nitrogens with one attached hydrogen (secondary N) is 1. The van der Waals surface area contributed by atoms with E-state index in [1.54, 1.807) is 11.3 Å². The molecule has 1 N–H and O–H groups in total. The number of carbonyl (C=O) groups is 1. The lowest BCUT2D eigenvalue weighted by Gasteiger charge is -2.27. The highest BCUT2D eigenvalue weighted by Crippen LogP contribution is 2.38. The van der Waals surface area contributed by atoms with E-state index >= 15 is 0 Å². The molecule has 1 saturated heterocycles. The molecule has 2 aromatic rings. The maximum Gasteiger partial charge on any atom is 0.224 e. The summed E-state index contributed by atoms with van der Waals surface area (Å²) in [7, 11) is -2.99. The van der Waals surface area contributed by atoms with E-state index in [1.165, 1.54) is 0 Å². The van der Waals surface area contributed by atoms with Crippen molar-refractivity contribution in [1.82, 2.24) is 10.3 Å². The zero-order valence-corrected chi connectivity index (χ0v) is 15.4. The minimum atomic E-state index is -2.99. The predicted molar refractivity (Wildman–Crippen MR) is 99.4 cm³/mol. The van der Waals surface area contributed by atoms with Gasteiger partial charge in [-0.1, -0.05) is 24.3 Å². The number of thiazole rings is 1. The van der Waals surface area contributed by atoms with E-state index < -0.39 is 9.84 Å². The summed E-state index contributed by atoms with van der Waals surface area (Å²) in [6.07, 6.45) is 6.13. The summed E-state index contributed by atoms with van der Waals surface area (Å²) in [5, 5.41) is 3.95. The molecule has 3 unspecified atom stereocenters. The van der Waals surface area contributed by atoms with Gasteiger partial charge in [0.2, 0.25) is 5.91 Å². The molecule has 5 nitrogen and oxygen atoms in total. The normalized spacial score (nSPS) is 28.2. The Balaban J connectivity index is 1.54. The van der Waals surface area contributed by atoms with E-state index in [1.807, 2.05) is 30.3 Å². The van der Waals surface area contributed by atoms with Crippen LogP contribution in [0.2, 0.25) is 0 Å². The van der Waals surface area contributed by atoms with Crippen LogP contribution in [-0.4, -0.2) is 36.9 Å². The van der Waals surface area contributed by atoms with Crippen LogP contribution < -0.4 is 5.32 Å². The zero-order chi connectivity index (χ0) is 17.4. The highest BCUT2D eigenvalue weighted by Gasteiger charge is 2.35. The number of amides is 1. The molecule has 1 aliphatic heterocycles. The molecule has 25 heavy (non-hydrogen) atoms. The van der Waals surface area contributed by atoms with Crippen LogP contribution in [-0.2, 0) is 14.6 Å². The van der Waals surface area contributed by atoms with Gasteiger partial charge < -0.3 is 5.32 Å². The van der Waals surface area contributed by atoms with Gasteiger partial charge in [0.1, 0.15) is 0 Å². The number of hydrogen-bond acceptors (Lipinski definition) is 5. The van der Waals surface area contributed by atoms with Crippen molar-refractivity contribution < 1.29 is 13.2 Å². The maximum atomic E-state index is 12.8. The molecule has 2 heterocycles. The molecule has 3 atom stereocenters. The molecule has 132 valence electrons. The molecule has 1 amide bonds. The van der Waals surface area contributed by atoms with Crippen molar-refractivity contribution in [3.8, 4) is 0 Å². The average Bonchev–Trinajstić information content (AvgIpc) is 3.17. The third-order valence-corrected chi connectivity index (χ3v) is 7.91. The van der Waals surface area contributed by atoms with Crippen molar-refractivity contribution in [2.75, 3.05) is 11.5 Å². The van der Waals surface area contributed by atoms with Crippen LogP contribution in [0, 0.1) is 5.92 Å². The molecule has 7 heteroatoms. The van der Waals surface area contributed by atoms with Crippen molar-refractivity contribution in [2.24, 2.45) is 5.92 Å². The summed E-state index contributed by atoms with van der Waals surface area (Å²) in [5.41, 5.74) is 0.970. The molecule has 4 rings (SSSR count). The molecular formula is C18H20N2O3S2. The first-order valence-electron chi connectivity index (χ1n) is 8.53. The quantitative estimate of drug-likeness (QED) is 0.836. The number of aromatic nitrogens is 1. The summed E-state index contributed by atoms with van der Waals surface area (Å²) < 4.78 is 24.4. The molecular weight excluding hydrogens is 356 g/mol. The van der Waals surface area contributed by atoms with Gasteiger partial charge >= 0.3 is 0 Å². The largest absolute Gasteiger partial charge is 0.352 e. The first-order valence-corrected chi connectivity index (χ1v) is 11.2. The van der Waals surface area contributed by atoms with Crippen molar-refractivity contribution in [3.63, 3.8) is 0 Å². The average molecular weight is 377 g/mol. The molecule has 2 aliphatic rings. The van der Waals surface area contributed by atoms with Crippen molar-refractivity contribution in [3.05, 3.63) is 41.4 Å². The molecule has 0 spiro atoms. The van der Waals surface area contributed by atoms with E-state index in [0.29, 0.717) is 12.8 Å². The van der Waals surface area contributed by atoms with Gasteiger partial charge in [-0.25, -0.2) is 13.4 Å². The number of benzene rings is 1. The summed E-state index contributed by atoms with van der Waals surface area (Å²) in [4.78, 5) is 17.5. The van der Waals surface area contributed by atoms with Gasteiger partial charge in [-0.15, -0.1) is 11.3 Å². The highest BCUT2D eigenvalue weighted by atomic mass is 32.2. The summed E-state index contributed by atoms with van der Waals surface area (Å²) in [5.74, 6) is 0.0571. The highest BCUT2D eigenvalue weighted by molar-refractivity contribution is 7.91. The van der Waals surface area contributed by atoms with E-state index in [-0.39, 0.29) is 35.3 Å². The van der Waals surface area contributed by atoms with Crippen molar-refractivity contribution in [1.29, 1.82) is 0 Å². The topological polar surface area (TPSA) is 76.1 Å². The van der Waals surface area contributed by atoms with Crippen molar-refractivity contribution >= 4 is 37.3 Å². The molecule has 0 saturated carbocycles. The third-order valence-electron chi connectivity index (χ3n) is 4.98. The standard InChI is InChI=1S/C18H20N2O3S2/c21-17(19-12-9-10-25(22,23)11-12)13-5-1-2-6-14(13)18-20-15-7-3-4-8-16(15)24-18/h1-4,7-8,12-14H,5-6,9-11H2,(H,19,21). The van der Waals surface area contributed by atoms with E-state index in [2.05, 4.69) is 11.4 Å². The van der Waals surface area contributed by atoms with Gasteiger partial charge in [-0.3, -0.25) is 4.79 Å². The lowest BCUT2D eigenvalue weighted by Crippen LogP contribution is -2.41. The van der Waals surface area contributed by atoms with Gasteiger partial charge in [-0.2, -0.15) is 0 Å². The van der Waals surface area contributed by atoms with Crippen LogP contribution in [0.4, 0.5) is 0 Å². The second-order valence-corrected chi connectivity index (χ2v) is 10.1. The molecule has 1 fully saturated rings. The number of nitrogens with zero attached hydrogens (tertiary/aromatic N) is 1. The van der Waals surface area contributed by atoms with Gasteiger partial charge in [0.15, 0.2) is 9.84 Å². The Bertz CT molecular complexity index is 900. The van der Waals surface area contributed by atoms with Gasteiger partial charge in [-0.05, 0) is 31.4 Å². The van der Waals surface area contributed by atoms with E-state index in [4.69, 9.17) is 4.98 Å². The first-order chi connectivity index (χ1) is 12.0. The second kappa shape index (κ2) is 6.53. The molecule has 1 aromatic heterocycles. The van der Waals surface area contributed by atoms with Gasteiger partial charge in [0.05, 0.1) is 32.6 Å². The Morgan fingerprint density at radius 1 is 1.20 bits per heavy atom. The number of fused-ring (bicyclic) bond motifs is 1. The Labute approximate surface area is 151 Å². The minimum Gasteiger partial charge on any atom is -0.352 e. The SMILES string of the molecule is O=C(NC1CCS(=O)(=O)C1)C1CC=CCC1c1nc2ccccc2s1. The number of hydrogen-bond donors (Lipinski definition) is 1. The summed E-state index contributed by atoms with van der Waals surface area (Å²) in [6, 6.07) is 7.76. The van der Waals surface area contributed by atoms with Gasteiger partial charge in [0, 0.05) is 12.0 Å². The predicted octanol–water partition coefficient (Wildman–Crippen LogP) is 2.65. The zero-order valence-electron chi connectivity index (χ0n) is 13.7. The fraction of sp³-hybridized carbons (Fsp3) is 0.444. The fourth-order valence-electron chi connectivity index (χ4n) is 3.64. The monoisotopic (exact) mass is 376 g/mol. The summed E-state index contributed by atoms with van der Waals surface area (Å²) in [6.45, 7) is 0. The lowest BCUT2D eigenvalue weighted by atomic mass is 9.82. The maximum absolute atomic E-state index is 12.8. The number of sulfone groups is 1. The smallest absolute Gasteiger partial charge is 0.224 e. The number of rotatable bonds is 3. The van der Waals surface area contributed by atoms with Crippen LogP contribution in [0.15, 0.2) is 36.4 Å². The third kappa shape index (κ3) is 3.48. The Morgan fingerprint density at radius 2 is 2.00 bits per heavy atom. The number of carbonyl (C=O) groups excluding carboxylic acids is 1. The molecule has 1 aliphatic carbocycles. The molecule has 0 radical (unpaired) electrons. The number of allylic oxidation sites excluding steroid dienone is 2. The molecule has 1 aromatic carbocycles. The van der Waals surface area contributed by atoms with Crippen LogP contribution in [0.3, 0.4) is 0 Å². The van der Waals surface area contributed by atoms with Crippen LogP contribution in [0.5, 0.6) is 0 Å². The molecule has 0 bridgehead atoms. The second-order valence-electron chi connectivity index (χ2n) is 6.78. The first kappa shape index (κ1) is 16.7. The minimum absolute atomic E-state index is 0.0456. The number of para-hydroxylation sites is 1. The van der Waals surface area contributed by atoms with Gasteiger partial charge in [0.25, 0.3) is 0 Å². The fourth-order valence-corrected chi connectivity index (χ4v) is 6.46.